The predicted molar refractivity (Wildman–Crippen MR) is 124 cm³/mol. The third-order valence-corrected chi connectivity index (χ3v) is 6.39. The molecule has 1 atom stereocenters. The van der Waals surface area contributed by atoms with Gasteiger partial charge in [0.05, 0.1) is 4.91 Å². The summed E-state index contributed by atoms with van der Waals surface area (Å²) in [6.07, 6.45) is -2.42. The van der Waals surface area contributed by atoms with Crippen LogP contribution < -0.4 is 0 Å². The van der Waals surface area contributed by atoms with Crippen LogP contribution in [0.4, 0.5) is 14.0 Å². The molecule has 1 aromatic rings. The summed E-state index contributed by atoms with van der Waals surface area (Å²) < 4.78 is 52.5. The first-order chi connectivity index (χ1) is 14.8. The molecule has 2 rings (SSSR count). The van der Waals surface area contributed by atoms with E-state index < -0.39 is 56.1 Å². The van der Waals surface area contributed by atoms with E-state index in [1.807, 2.05) is 0 Å². The monoisotopic (exact) mass is 547 g/mol. The van der Waals surface area contributed by atoms with Gasteiger partial charge in [0.25, 0.3) is 10.0 Å². The van der Waals surface area contributed by atoms with Crippen LogP contribution in [-0.2, 0) is 19.5 Å². The number of carbonyl (C=O) groups excluding carboxylic acids is 2. The number of halogens is 2. The van der Waals surface area contributed by atoms with Gasteiger partial charge in [-0.25, -0.2) is 31.7 Å². The fourth-order valence-electron chi connectivity index (χ4n) is 2.71. The van der Waals surface area contributed by atoms with Crippen molar-refractivity contribution in [1.82, 2.24) is 9.21 Å². The zero-order chi connectivity index (χ0) is 25.5. The summed E-state index contributed by atoms with van der Waals surface area (Å²) in [7, 11) is -3.25. The Kier molecular flexibility index (Phi) is 7.35. The van der Waals surface area contributed by atoms with Crippen molar-refractivity contribution in [3.63, 3.8) is 0 Å². The maximum absolute atomic E-state index is 14.6. The van der Waals surface area contributed by atoms with Gasteiger partial charge >= 0.3 is 12.2 Å². The van der Waals surface area contributed by atoms with Crippen molar-refractivity contribution in [2.45, 2.75) is 58.8 Å². The minimum absolute atomic E-state index is 0.114. The fraction of sp³-hybridized carbons (Fsp3) is 0.476. The third-order valence-electron chi connectivity index (χ3n) is 4.13. The Morgan fingerprint density at radius 1 is 1.12 bits per heavy atom. The lowest BCUT2D eigenvalue weighted by atomic mass is 10.1. The zero-order valence-corrected chi connectivity index (χ0v) is 21.9. The van der Waals surface area contributed by atoms with Crippen molar-refractivity contribution >= 4 is 44.1 Å². The molecule has 182 valence electrons. The van der Waals surface area contributed by atoms with Gasteiger partial charge in [0, 0.05) is 17.1 Å². The van der Waals surface area contributed by atoms with E-state index in [9.17, 15) is 22.4 Å². The molecule has 0 bridgehead atoms. The number of nitrogens with zero attached hydrogens (tertiary/aromatic N) is 3. The first-order valence-electron chi connectivity index (χ1n) is 9.82. The Labute approximate surface area is 201 Å². The third kappa shape index (κ3) is 6.11. The number of ether oxygens (including phenoxy) is 2. The highest BCUT2D eigenvalue weighted by Gasteiger charge is 2.45. The number of sulfonamides is 1. The van der Waals surface area contributed by atoms with Gasteiger partial charge in [0.1, 0.15) is 23.1 Å². The molecule has 0 saturated carbocycles. The minimum Gasteiger partial charge on any atom is -0.443 e. The quantitative estimate of drug-likeness (QED) is 0.492. The first-order valence-corrected chi connectivity index (χ1v) is 12.0. The van der Waals surface area contributed by atoms with E-state index in [2.05, 4.69) is 27.5 Å². The molecule has 0 spiro atoms. The Balaban J connectivity index is 2.74. The normalized spacial score (nSPS) is 18.5. The van der Waals surface area contributed by atoms with Crippen LogP contribution in [0, 0.1) is 5.82 Å². The maximum Gasteiger partial charge on any atom is 0.427 e. The van der Waals surface area contributed by atoms with Crippen LogP contribution in [0.2, 0.25) is 0 Å². The van der Waals surface area contributed by atoms with Crippen molar-refractivity contribution in [2.75, 3.05) is 7.05 Å². The molecule has 0 N–H and O–H groups in total. The zero-order valence-electron chi connectivity index (χ0n) is 19.5. The fourth-order valence-corrected chi connectivity index (χ4v) is 4.25. The second kappa shape index (κ2) is 9.05. The van der Waals surface area contributed by atoms with E-state index in [0.717, 1.165) is 13.1 Å². The van der Waals surface area contributed by atoms with Crippen LogP contribution in [0.15, 0.2) is 39.1 Å². The smallest absolute Gasteiger partial charge is 0.427 e. The molecule has 0 aromatic heterocycles. The SMILES string of the molecule is C=C1C(c2cc(Br)ccc2F)N=C(N(C(=O)OC(C)(C)C)C(=O)OC(C)(C)C)N(C)S1(=O)=O. The summed E-state index contributed by atoms with van der Waals surface area (Å²) in [6, 6.07) is 2.47. The van der Waals surface area contributed by atoms with E-state index in [4.69, 9.17) is 9.47 Å². The molecule has 9 nitrogen and oxygen atoms in total. The number of aliphatic imine (C=N–C) groups is 1. The van der Waals surface area contributed by atoms with Gasteiger partial charge in [0.15, 0.2) is 0 Å². The van der Waals surface area contributed by atoms with Crippen LogP contribution >= 0.6 is 15.9 Å². The van der Waals surface area contributed by atoms with Gasteiger partial charge in [-0.1, -0.05) is 22.5 Å². The summed E-state index contributed by atoms with van der Waals surface area (Å²) in [5.41, 5.74) is -2.16. The Morgan fingerprint density at radius 2 is 1.61 bits per heavy atom. The summed E-state index contributed by atoms with van der Waals surface area (Å²) >= 11 is 3.22. The molecule has 1 aliphatic heterocycles. The molecular weight excluding hydrogens is 521 g/mol. The lowest BCUT2D eigenvalue weighted by Crippen LogP contribution is -2.55. The summed E-state index contributed by atoms with van der Waals surface area (Å²) in [5, 5.41) is 0. The Hall–Kier alpha value is -2.47. The number of guanidine groups is 1. The van der Waals surface area contributed by atoms with Crippen LogP contribution in [0.25, 0.3) is 0 Å². The highest BCUT2D eigenvalue weighted by molar-refractivity contribution is 9.10. The molecule has 1 unspecified atom stereocenters. The number of hydrogen-bond donors (Lipinski definition) is 0. The van der Waals surface area contributed by atoms with Crippen LogP contribution in [0.5, 0.6) is 0 Å². The van der Waals surface area contributed by atoms with Crippen molar-refractivity contribution < 1.29 is 31.9 Å². The number of carbonyl (C=O) groups is 2. The molecular formula is C21H27BrFN3O6S. The van der Waals surface area contributed by atoms with Crippen molar-refractivity contribution in [2.24, 2.45) is 4.99 Å². The number of benzene rings is 1. The Morgan fingerprint density at radius 3 is 2.06 bits per heavy atom. The lowest BCUT2D eigenvalue weighted by molar-refractivity contribution is 0.0134. The molecule has 1 aliphatic rings. The van der Waals surface area contributed by atoms with Gasteiger partial charge in [-0.15, -0.1) is 4.90 Å². The molecule has 0 saturated heterocycles. The average molecular weight is 548 g/mol. The van der Waals surface area contributed by atoms with E-state index in [1.54, 1.807) is 41.5 Å². The molecule has 12 heteroatoms. The highest BCUT2D eigenvalue weighted by Crippen LogP contribution is 2.37. The van der Waals surface area contributed by atoms with Gasteiger partial charge in [0.2, 0.25) is 5.96 Å². The second-order valence-electron chi connectivity index (χ2n) is 9.23. The molecule has 0 aliphatic carbocycles. The molecule has 33 heavy (non-hydrogen) atoms. The number of rotatable bonds is 1. The van der Waals surface area contributed by atoms with E-state index in [-0.39, 0.29) is 5.56 Å². The summed E-state index contributed by atoms with van der Waals surface area (Å²) in [4.78, 5) is 30.2. The summed E-state index contributed by atoms with van der Waals surface area (Å²) in [6.45, 7) is 13.0. The van der Waals surface area contributed by atoms with Crippen molar-refractivity contribution in [3.05, 3.63) is 45.5 Å². The number of imide groups is 1. The summed E-state index contributed by atoms with van der Waals surface area (Å²) in [5.74, 6) is -1.36. The van der Waals surface area contributed by atoms with Gasteiger partial charge < -0.3 is 9.47 Å². The molecule has 1 heterocycles. The number of amides is 2. The average Bonchev–Trinajstić information content (AvgIpc) is 2.61. The lowest BCUT2D eigenvalue weighted by Gasteiger charge is -2.36. The van der Waals surface area contributed by atoms with Crippen molar-refractivity contribution in [1.29, 1.82) is 0 Å². The molecule has 1 aromatic carbocycles. The van der Waals surface area contributed by atoms with Crippen LogP contribution in [0.1, 0.15) is 53.1 Å². The van der Waals surface area contributed by atoms with Gasteiger partial charge in [-0.3, -0.25) is 0 Å². The highest BCUT2D eigenvalue weighted by atomic mass is 79.9. The van der Waals surface area contributed by atoms with Crippen LogP contribution in [-0.4, -0.2) is 54.0 Å². The molecule has 0 fully saturated rings. The second-order valence-corrected chi connectivity index (χ2v) is 12.2. The Bertz CT molecular complexity index is 1090. The predicted octanol–water partition coefficient (Wildman–Crippen LogP) is 4.95. The van der Waals surface area contributed by atoms with E-state index >= 15 is 0 Å². The van der Waals surface area contributed by atoms with E-state index in [0.29, 0.717) is 13.7 Å². The maximum atomic E-state index is 14.6. The first kappa shape index (κ1) is 26.8. The number of hydrogen-bond acceptors (Lipinski definition) is 7. The largest absolute Gasteiger partial charge is 0.443 e. The van der Waals surface area contributed by atoms with Gasteiger partial charge in [-0.05, 0) is 59.7 Å². The van der Waals surface area contributed by atoms with Gasteiger partial charge in [-0.2, -0.15) is 0 Å². The van der Waals surface area contributed by atoms with Crippen molar-refractivity contribution in [3.8, 4) is 0 Å². The van der Waals surface area contributed by atoms with E-state index in [1.165, 1.54) is 12.1 Å². The minimum atomic E-state index is -4.35. The topological polar surface area (TPSA) is 106 Å². The molecule has 2 amide bonds. The molecule has 0 radical (unpaired) electrons. The standard InChI is InChI=1S/C21H27BrFN3O6S/c1-12-16(14-11-13(22)9-10-15(14)23)24-17(25(8)33(12,29)30)26(18(27)31-20(2,3)4)19(28)32-21(5,6)7/h9-11,16H,1H2,2-8H3. The van der Waals surface area contributed by atoms with Crippen LogP contribution in [0.3, 0.4) is 0 Å².